The molecule has 1 heterocycles. The molecule has 0 saturated carbocycles. The van der Waals surface area contributed by atoms with E-state index < -0.39 is 0 Å². The quantitative estimate of drug-likeness (QED) is 0.174. The molecule has 2 nitrogen and oxygen atoms in total. The zero-order valence-corrected chi connectivity index (χ0v) is 31.3. The summed E-state index contributed by atoms with van der Waals surface area (Å²) in [7, 11) is 0. The lowest BCUT2D eigenvalue weighted by molar-refractivity contribution is 0.783. The molecule has 268 valence electrons. The van der Waals surface area contributed by atoms with Gasteiger partial charge in [-0.25, -0.2) is 0 Å². The Morgan fingerprint density at radius 1 is 0.526 bits per heavy atom. The summed E-state index contributed by atoms with van der Waals surface area (Å²) in [6, 6.07) is 48.9. The molecule has 7 aromatic rings. The number of hydrogen-bond donors (Lipinski definition) is 2. The summed E-state index contributed by atoms with van der Waals surface area (Å²) in [5.74, 6) is 0.430. The zero-order chi connectivity index (χ0) is 37.9. The van der Waals surface area contributed by atoms with Crippen LogP contribution >= 0.6 is 0 Å². The van der Waals surface area contributed by atoms with Crippen molar-refractivity contribution in [2.24, 2.45) is 5.92 Å². The van der Waals surface area contributed by atoms with E-state index in [2.05, 4.69) is 181 Å². The molecular weight excluding hydrogens is 689 g/mol. The Labute approximate surface area is 332 Å². The van der Waals surface area contributed by atoms with Crippen LogP contribution in [0.15, 0.2) is 205 Å². The molecule has 1 aliphatic heterocycles. The summed E-state index contributed by atoms with van der Waals surface area (Å²) in [5, 5.41) is 19.9. The summed E-state index contributed by atoms with van der Waals surface area (Å²) in [6.07, 6.45) is 24.8. The molecule has 3 aliphatic carbocycles. The number of fused-ring (bicyclic) bond motifs is 5. The van der Waals surface area contributed by atoms with Gasteiger partial charge in [0, 0.05) is 22.8 Å². The highest BCUT2D eigenvalue weighted by molar-refractivity contribution is 6.21. The van der Waals surface area contributed by atoms with Gasteiger partial charge in [0.15, 0.2) is 0 Å². The fraction of sp³-hybridized carbons (Fsp3) is 0.0364. The van der Waals surface area contributed by atoms with E-state index in [1.165, 1.54) is 71.3 Å². The van der Waals surface area contributed by atoms with Crippen LogP contribution in [0.1, 0.15) is 28.7 Å². The minimum Gasteiger partial charge on any atom is -0.354 e. The van der Waals surface area contributed by atoms with Crippen molar-refractivity contribution < 1.29 is 0 Å². The first kappa shape index (κ1) is 33.1. The fourth-order valence-electron chi connectivity index (χ4n) is 9.12. The van der Waals surface area contributed by atoms with Gasteiger partial charge in [-0.2, -0.15) is 0 Å². The van der Waals surface area contributed by atoms with Crippen LogP contribution < -0.4 is 5.32 Å². The maximum Gasteiger partial charge on any atom is 0.0633 e. The Bertz CT molecular complexity index is 3120. The predicted molar refractivity (Wildman–Crippen MR) is 243 cm³/mol. The Hall–Kier alpha value is -7.29. The Morgan fingerprint density at radius 2 is 1.23 bits per heavy atom. The molecule has 0 amide bonds. The van der Waals surface area contributed by atoms with Gasteiger partial charge in [0.1, 0.15) is 0 Å². The van der Waals surface area contributed by atoms with Crippen LogP contribution in [0.25, 0.3) is 77.6 Å². The number of hydrogen-bond acceptors (Lipinski definition) is 2. The van der Waals surface area contributed by atoms with E-state index in [4.69, 9.17) is 5.41 Å². The number of nitrogens with one attached hydrogen (secondary N) is 2. The van der Waals surface area contributed by atoms with Crippen LogP contribution in [0.5, 0.6) is 0 Å². The van der Waals surface area contributed by atoms with Crippen LogP contribution in [-0.2, 0) is 0 Å². The standard InChI is InChI=1S/C55H38N2/c56-51-20-10-9-19-49(51)55-45-16-6-5-15-42(45)34-52(57-55)38-25-21-37(22-26-38)41-29-30-48-50(33-41)54(44-28-24-36-12-2-4-14-40(36)32-44)47-18-8-7-17-46(47)53(48)43-27-23-35-11-1-3-13-39(35)31-43/h1-23,25-34,36,56-57H,24H2/b55-49-,56-51?. The van der Waals surface area contributed by atoms with Crippen molar-refractivity contribution in [3.05, 3.63) is 228 Å². The van der Waals surface area contributed by atoms with Crippen molar-refractivity contribution in [3.8, 4) is 22.3 Å². The predicted octanol–water partition coefficient (Wildman–Crippen LogP) is 13.9. The molecule has 4 aliphatic rings. The average Bonchev–Trinajstić information content (AvgIpc) is 3.27. The molecule has 0 spiro atoms. The monoisotopic (exact) mass is 726 g/mol. The third-order valence-corrected chi connectivity index (χ3v) is 12.0. The van der Waals surface area contributed by atoms with Crippen LogP contribution in [-0.4, -0.2) is 5.71 Å². The van der Waals surface area contributed by atoms with Crippen LogP contribution in [0, 0.1) is 11.3 Å². The molecule has 2 N–H and O–H groups in total. The van der Waals surface area contributed by atoms with Gasteiger partial charge >= 0.3 is 0 Å². The number of allylic oxidation sites excluding steroid dienone is 13. The summed E-state index contributed by atoms with van der Waals surface area (Å²) in [4.78, 5) is 0. The summed E-state index contributed by atoms with van der Waals surface area (Å²) >= 11 is 0. The summed E-state index contributed by atoms with van der Waals surface area (Å²) in [5.41, 5.74) is 15.5. The van der Waals surface area contributed by atoms with Gasteiger partial charge in [0.2, 0.25) is 0 Å². The molecule has 0 radical (unpaired) electrons. The molecule has 1 unspecified atom stereocenters. The molecule has 0 fully saturated rings. The average molecular weight is 727 g/mol. The smallest absolute Gasteiger partial charge is 0.0633 e. The first-order valence-electron chi connectivity index (χ1n) is 19.8. The van der Waals surface area contributed by atoms with E-state index in [-0.39, 0.29) is 0 Å². The van der Waals surface area contributed by atoms with Gasteiger partial charge in [0.05, 0.1) is 11.4 Å². The fourth-order valence-corrected chi connectivity index (χ4v) is 9.12. The maximum absolute atomic E-state index is 8.67. The normalized spacial score (nSPS) is 18.3. The molecule has 1 atom stereocenters. The van der Waals surface area contributed by atoms with E-state index >= 15 is 0 Å². The molecule has 0 bridgehead atoms. The van der Waals surface area contributed by atoms with E-state index in [1.54, 1.807) is 0 Å². The topological polar surface area (TPSA) is 35.9 Å². The van der Waals surface area contributed by atoms with E-state index in [9.17, 15) is 0 Å². The molecular formula is C55H38N2. The van der Waals surface area contributed by atoms with Crippen molar-refractivity contribution >= 4 is 61.1 Å². The van der Waals surface area contributed by atoms with E-state index in [0.717, 1.165) is 40.1 Å². The lowest BCUT2D eigenvalue weighted by Crippen LogP contribution is -2.19. The Morgan fingerprint density at radius 3 is 2.11 bits per heavy atom. The zero-order valence-electron chi connectivity index (χ0n) is 31.3. The molecule has 0 aromatic heterocycles. The second-order valence-corrected chi connectivity index (χ2v) is 15.3. The van der Waals surface area contributed by atoms with E-state index in [1.807, 2.05) is 24.3 Å². The largest absolute Gasteiger partial charge is 0.354 e. The van der Waals surface area contributed by atoms with Gasteiger partial charge in [-0.3, -0.25) is 0 Å². The van der Waals surface area contributed by atoms with Gasteiger partial charge in [-0.05, 0) is 113 Å². The molecule has 2 heteroatoms. The summed E-state index contributed by atoms with van der Waals surface area (Å²) < 4.78 is 0. The lowest BCUT2D eigenvalue weighted by atomic mass is 9.80. The third-order valence-electron chi connectivity index (χ3n) is 12.0. The Balaban J connectivity index is 1.07. The third kappa shape index (κ3) is 5.69. The highest BCUT2D eigenvalue weighted by atomic mass is 14.9. The van der Waals surface area contributed by atoms with Gasteiger partial charge in [-0.1, -0.05) is 176 Å². The molecule has 11 rings (SSSR count). The number of rotatable bonds is 4. The number of benzene rings is 7. The van der Waals surface area contributed by atoms with Crippen molar-refractivity contribution in [2.75, 3.05) is 0 Å². The van der Waals surface area contributed by atoms with Crippen molar-refractivity contribution in [1.29, 1.82) is 5.41 Å². The van der Waals surface area contributed by atoms with Gasteiger partial charge < -0.3 is 10.7 Å². The first-order valence-corrected chi connectivity index (χ1v) is 19.8. The second-order valence-electron chi connectivity index (χ2n) is 15.3. The van der Waals surface area contributed by atoms with Crippen LogP contribution in [0.4, 0.5) is 0 Å². The minimum atomic E-state index is 0.430. The second kappa shape index (κ2) is 13.5. The minimum absolute atomic E-state index is 0.430. The van der Waals surface area contributed by atoms with Gasteiger partial charge in [0.25, 0.3) is 0 Å². The van der Waals surface area contributed by atoms with E-state index in [0.29, 0.717) is 11.6 Å². The van der Waals surface area contributed by atoms with Crippen molar-refractivity contribution in [3.63, 3.8) is 0 Å². The Kier molecular flexibility index (Phi) is 7.82. The van der Waals surface area contributed by atoms with Crippen molar-refractivity contribution in [1.82, 2.24) is 5.32 Å². The van der Waals surface area contributed by atoms with Crippen LogP contribution in [0.2, 0.25) is 0 Å². The molecule has 7 aromatic carbocycles. The molecule has 0 saturated heterocycles. The lowest BCUT2D eigenvalue weighted by Gasteiger charge is -2.25. The highest BCUT2D eigenvalue weighted by Crippen LogP contribution is 2.46. The highest BCUT2D eigenvalue weighted by Gasteiger charge is 2.23. The first-order chi connectivity index (χ1) is 28.2. The maximum atomic E-state index is 8.67. The SMILES string of the molecule is N=C1C=CC=C/C1=C1/NC(c2ccc(-c3ccc4c(-c5ccc6ccccc6c5)c5ccccc5c(C5=CCC6C=CC=CC6=C5)c4c3)cc2)=Cc2ccccc21. The van der Waals surface area contributed by atoms with Crippen LogP contribution in [0.3, 0.4) is 0 Å². The molecule has 57 heavy (non-hydrogen) atoms. The van der Waals surface area contributed by atoms with Crippen molar-refractivity contribution in [2.45, 2.75) is 6.42 Å². The van der Waals surface area contributed by atoms with Gasteiger partial charge in [-0.15, -0.1) is 0 Å². The summed E-state index contributed by atoms with van der Waals surface area (Å²) in [6.45, 7) is 0.